The van der Waals surface area contributed by atoms with E-state index in [2.05, 4.69) is 36.3 Å². The Morgan fingerprint density at radius 1 is 1.42 bits per heavy atom. The van der Waals surface area contributed by atoms with Gasteiger partial charge in [-0.25, -0.2) is 0 Å². The summed E-state index contributed by atoms with van der Waals surface area (Å²) >= 11 is 0. The third kappa shape index (κ3) is 1.78. The van der Waals surface area contributed by atoms with Crippen LogP contribution in [0.1, 0.15) is 31.5 Å². The molecule has 0 atom stereocenters. The van der Waals surface area contributed by atoms with Gasteiger partial charge >= 0.3 is 0 Å². The summed E-state index contributed by atoms with van der Waals surface area (Å²) in [6.07, 6.45) is 2.17. The topological polar surface area (TPSA) is 40.7 Å². The van der Waals surface area contributed by atoms with Gasteiger partial charge in [0.2, 0.25) is 0 Å². The van der Waals surface area contributed by atoms with Crippen LogP contribution in [-0.4, -0.2) is 16.7 Å². The highest BCUT2D eigenvalue weighted by Crippen LogP contribution is 2.15. The fourth-order valence-electron chi connectivity index (χ4n) is 1.27. The molecule has 0 unspecified atom stereocenters. The molecule has 0 spiro atoms. The van der Waals surface area contributed by atoms with Crippen molar-refractivity contribution in [2.45, 2.75) is 33.6 Å². The van der Waals surface area contributed by atoms with Gasteiger partial charge in [0.25, 0.3) is 0 Å². The van der Waals surface area contributed by atoms with Crippen molar-refractivity contribution in [3.8, 4) is 0 Å². The molecule has 0 aromatic carbocycles. The molecule has 0 bridgehead atoms. The number of H-pyrrole nitrogens is 1. The van der Waals surface area contributed by atoms with Crippen molar-refractivity contribution in [1.29, 1.82) is 0 Å². The Hall–Kier alpha value is -0.990. The number of aryl methyl sites for hydroxylation is 1. The Morgan fingerprint density at radius 2 is 2.17 bits per heavy atom. The highest BCUT2D eigenvalue weighted by Gasteiger charge is 2.05. The zero-order valence-electron chi connectivity index (χ0n) is 8.07. The number of hydrogen-bond acceptors (Lipinski definition) is 2. The Labute approximate surface area is 73.6 Å². The third-order valence-electron chi connectivity index (χ3n) is 1.97. The van der Waals surface area contributed by atoms with Gasteiger partial charge in [-0.1, -0.05) is 13.8 Å². The molecular formula is C9H17N3. The zero-order valence-corrected chi connectivity index (χ0v) is 8.07. The Kier molecular flexibility index (Phi) is 3.14. The first-order valence-electron chi connectivity index (χ1n) is 4.57. The molecule has 1 aromatic rings. The second-order valence-electron chi connectivity index (χ2n) is 2.96. The maximum Gasteiger partial charge on any atom is 0.151 e. The number of aromatic amines is 1. The molecule has 0 fully saturated rings. The number of rotatable bonds is 4. The summed E-state index contributed by atoms with van der Waals surface area (Å²) in [5.74, 6) is 1.02. The molecule has 68 valence electrons. The lowest BCUT2D eigenvalue weighted by Crippen LogP contribution is -2.02. The van der Waals surface area contributed by atoms with Crippen LogP contribution in [0.5, 0.6) is 0 Å². The van der Waals surface area contributed by atoms with Crippen molar-refractivity contribution >= 4 is 5.82 Å². The first kappa shape index (κ1) is 9.10. The minimum Gasteiger partial charge on any atom is -0.368 e. The summed E-state index contributed by atoms with van der Waals surface area (Å²) in [6, 6.07) is 0. The third-order valence-corrected chi connectivity index (χ3v) is 1.97. The number of anilines is 1. The molecule has 0 saturated carbocycles. The number of nitrogens with zero attached hydrogens (tertiary/aromatic N) is 1. The van der Waals surface area contributed by atoms with Crippen LogP contribution in [0, 0.1) is 6.92 Å². The van der Waals surface area contributed by atoms with Crippen molar-refractivity contribution in [3.05, 3.63) is 11.3 Å². The zero-order chi connectivity index (χ0) is 8.97. The quantitative estimate of drug-likeness (QED) is 0.721. The summed E-state index contributed by atoms with van der Waals surface area (Å²) in [7, 11) is 0. The van der Waals surface area contributed by atoms with Crippen molar-refractivity contribution in [2.24, 2.45) is 0 Å². The number of hydrogen-bond donors (Lipinski definition) is 2. The van der Waals surface area contributed by atoms with Crippen LogP contribution >= 0.6 is 0 Å². The van der Waals surface area contributed by atoms with Gasteiger partial charge in [-0.05, 0) is 19.8 Å². The average Bonchev–Trinajstić information content (AvgIpc) is 2.43. The Morgan fingerprint density at radius 3 is 2.75 bits per heavy atom. The molecule has 1 aromatic heterocycles. The van der Waals surface area contributed by atoms with E-state index in [1.165, 1.54) is 11.3 Å². The number of nitrogens with one attached hydrogen (secondary N) is 2. The van der Waals surface area contributed by atoms with Crippen LogP contribution in [0.3, 0.4) is 0 Å². The molecule has 0 aliphatic rings. The van der Waals surface area contributed by atoms with Gasteiger partial charge in [-0.3, -0.25) is 5.10 Å². The standard InChI is InChI=1S/C9H17N3/c1-4-6-10-9-8(5-2)7(3)11-12-9/h4-6H2,1-3H3,(H2,10,11,12). The summed E-state index contributed by atoms with van der Waals surface area (Å²) < 4.78 is 0. The van der Waals surface area contributed by atoms with E-state index in [1.807, 2.05) is 0 Å². The van der Waals surface area contributed by atoms with E-state index >= 15 is 0 Å². The molecule has 3 heteroatoms. The van der Waals surface area contributed by atoms with E-state index in [1.54, 1.807) is 0 Å². The smallest absolute Gasteiger partial charge is 0.151 e. The van der Waals surface area contributed by atoms with E-state index in [0.29, 0.717) is 0 Å². The first-order chi connectivity index (χ1) is 5.79. The van der Waals surface area contributed by atoms with Crippen LogP contribution in [-0.2, 0) is 6.42 Å². The predicted molar refractivity (Wildman–Crippen MR) is 51.5 cm³/mol. The van der Waals surface area contributed by atoms with E-state index < -0.39 is 0 Å². The van der Waals surface area contributed by atoms with Gasteiger partial charge in [0, 0.05) is 17.8 Å². The number of aromatic nitrogens is 2. The normalized spacial score (nSPS) is 10.2. The highest BCUT2D eigenvalue weighted by molar-refractivity contribution is 5.45. The highest BCUT2D eigenvalue weighted by atomic mass is 15.2. The van der Waals surface area contributed by atoms with Gasteiger partial charge in [0.05, 0.1) is 0 Å². The summed E-state index contributed by atoms with van der Waals surface area (Å²) in [6.45, 7) is 7.35. The Balaban J connectivity index is 2.70. The fourth-order valence-corrected chi connectivity index (χ4v) is 1.27. The minimum absolute atomic E-state index is 0.997. The van der Waals surface area contributed by atoms with Crippen LogP contribution in [0.4, 0.5) is 5.82 Å². The fraction of sp³-hybridized carbons (Fsp3) is 0.667. The molecule has 0 amide bonds. The van der Waals surface area contributed by atoms with Gasteiger partial charge in [0.15, 0.2) is 5.82 Å². The average molecular weight is 167 g/mol. The largest absolute Gasteiger partial charge is 0.368 e. The van der Waals surface area contributed by atoms with Gasteiger partial charge < -0.3 is 5.32 Å². The molecule has 3 nitrogen and oxygen atoms in total. The van der Waals surface area contributed by atoms with Crippen LogP contribution in [0.15, 0.2) is 0 Å². The molecule has 1 heterocycles. The minimum atomic E-state index is 0.997. The molecule has 0 saturated heterocycles. The molecule has 12 heavy (non-hydrogen) atoms. The molecule has 0 radical (unpaired) electrons. The van der Waals surface area contributed by atoms with E-state index in [4.69, 9.17) is 0 Å². The van der Waals surface area contributed by atoms with E-state index in [9.17, 15) is 0 Å². The second-order valence-corrected chi connectivity index (χ2v) is 2.96. The van der Waals surface area contributed by atoms with Crippen molar-refractivity contribution in [3.63, 3.8) is 0 Å². The lowest BCUT2D eigenvalue weighted by atomic mass is 10.2. The van der Waals surface area contributed by atoms with Crippen LogP contribution in [0.2, 0.25) is 0 Å². The maximum atomic E-state index is 4.19. The van der Waals surface area contributed by atoms with E-state index in [-0.39, 0.29) is 0 Å². The van der Waals surface area contributed by atoms with Crippen molar-refractivity contribution in [2.75, 3.05) is 11.9 Å². The summed E-state index contributed by atoms with van der Waals surface area (Å²) in [4.78, 5) is 0. The van der Waals surface area contributed by atoms with E-state index in [0.717, 1.165) is 25.2 Å². The molecule has 1 rings (SSSR count). The maximum absolute atomic E-state index is 4.19. The van der Waals surface area contributed by atoms with Crippen LogP contribution in [0.25, 0.3) is 0 Å². The lowest BCUT2D eigenvalue weighted by Gasteiger charge is -2.02. The predicted octanol–water partition coefficient (Wildman–Crippen LogP) is 2.10. The lowest BCUT2D eigenvalue weighted by molar-refractivity contribution is 0.955. The first-order valence-corrected chi connectivity index (χ1v) is 4.57. The van der Waals surface area contributed by atoms with Gasteiger partial charge in [-0.2, -0.15) is 5.10 Å². The van der Waals surface area contributed by atoms with Gasteiger partial charge in [-0.15, -0.1) is 0 Å². The van der Waals surface area contributed by atoms with Gasteiger partial charge in [0.1, 0.15) is 0 Å². The van der Waals surface area contributed by atoms with Crippen molar-refractivity contribution < 1.29 is 0 Å². The monoisotopic (exact) mass is 167 g/mol. The Bertz CT molecular complexity index is 240. The molecule has 2 N–H and O–H groups in total. The molecular weight excluding hydrogens is 150 g/mol. The second kappa shape index (κ2) is 4.14. The molecule has 0 aliphatic carbocycles. The summed E-state index contributed by atoms with van der Waals surface area (Å²) in [5.41, 5.74) is 2.49. The summed E-state index contributed by atoms with van der Waals surface area (Å²) in [5, 5.41) is 10.5. The van der Waals surface area contributed by atoms with Crippen molar-refractivity contribution in [1.82, 2.24) is 10.2 Å². The SMILES string of the molecule is CCCNc1n[nH]c(C)c1CC. The molecule has 0 aliphatic heterocycles. The van der Waals surface area contributed by atoms with Crippen LogP contribution < -0.4 is 5.32 Å².